The van der Waals surface area contributed by atoms with Crippen LogP contribution in [-0.2, 0) is 14.3 Å². The molecule has 2 saturated heterocycles. The fourth-order valence-corrected chi connectivity index (χ4v) is 3.42. The van der Waals surface area contributed by atoms with Gasteiger partial charge in [0.25, 0.3) is 0 Å². The van der Waals surface area contributed by atoms with Crippen LogP contribution in [0.5, 0.6) is 0 Å². The van der Waals surface area contributed by atoms with Crippen molar-refractivity contribution in [2.24, 2.45) is 11.8 Å². The molecule has 0 spiro atoms. The molecule has 3 unspecified atom stereocenters. The van der Waals surface area contributed by atoms with Gasteiger partial charge < -0.3 is 15.0 Å². The van der Waals surface area contributed by atoms with Crippen LogP contribution in [0.3, 0.4) is 0 Å². The maximum atomic E-state index is 13.0. The maximum absolute atomic E-state index is 13.0. The van der Waals surface area contributed by atoms with E-state index in [0.29, 0.717) is 25.6 Å². The van der Waals surface area contributed by atoms with Gasteiger partial charge in [0.15, 0.2) is 0 Å². The monoisotopic (exact) mass is 296 g/mol. The first-order valence-electron chi connectivity index (χ1n) is 7.97. The van der Waals surface area contributed by atoms with Crippen LogP contribution in [0.1, 0.15) is 47.5 Å². The largest absolute Gasteiger partial charge is 0.379 e. The highest BCUT2D eigenvalue weighted by Gasteiger charge is 2.51. The van der Waals surface area contributed by atoms with E-state index in [-0.39, 0.29) is 23.3 Å². The number of piperazine rings is 1. The quantitative estimate of drug-likeness (QED) is 0.856. The average molecular weight is 296 g/mol. The molecule has 5 nitrogen and oxygen atoms in total. The molecule has 0 radical (unpaired) electrons. The minimum Gasteiger partial charge on any atom is -0.379 e. The summed E-state index contributed by atoms with van der Waals surface area (Å²) in [5.41, 5.74) is -0.362. The lowest BCUT2D eigenvalue weighted by molar-refractivity contribution is -0.159. The number of carbonyl (C=O) groups is 2. The van der Waals surface area contributed by atoms with Crippen LogP contribution < -0.4 is 5.32 Å². The van der Waals surface area contributed by atoms with E-state index in [9.17, 15) is 9.59 Å². The van der Waals surface area contributed by atoms with E-state index in [4.69, 9.17) is 4.74 Å². The molecule has 2 heterocycles. The zero-order valence-corrected chi connectivity index (χ0v) is 13.8. The summed E-state index contributed by atoms with van der Waals surface area (Å²) in [6.45, 7) is 11.3. The second kappa shape index (κ2) is 5.95. The second-order valence-electron chi connectivity index (χ2n) is 7.39. The van der Waals surface area contributed by atoms with Crippen LogP contribution in [-0.4, -0.2) is 47.6 Å². The highest BCUT2D eigenvalue weighted by molar-refractivity contribution is 5.97. The summed E-state index contributed by atoms with van der Waals surface area (Å²) in [4.78, 5) is 27.3. The Morgan fingerprint density at radius 2 is 2.00 bits per heavy atom. The maximum Gasteiger partial charge on any atom is 0.246 e. The van der Waals surface area contributed by atoms with Gasteiger partial charge in [0.05, 0.1) is 12.1 Å². The summed E-state index contributed by atoms with van der Waals surface area (Å²) in [5.74, 6) is 0.481. The number of rotatable bonds is 4. The van der Waals surface area contributed by atoms with Gasteiger partial charge in [-0.2, -0.15) is 0 Å². The first-order chi connectivity index (χ1) is 9.76. The Labute approximate surface area is 127 Å². The molecule has 21 heavy (non-hydrogen) atoms. The lowest BCUT2D eigenvalue weighted by Crippen LogP contribution is -2.70. The minimum absolute atomic E-state index is 0.0247. The molecule has 5 heteroatoms. The van der Waals surface area contributed by atoms with Crippen molar-refractivity contribution in [2.75, 3.05) is 13.2 Å². The molecule has 2 amide bonds. The zero-order chi connectivity index (χ0) is 15.8. The smallest absolute Gasteiger partial charge is 0.246 e. The van der Waals surface area contributed by atoms with E-state index in [2.05, 4.69) is 19.2 Å². The highest BCUT2D eigenvalue weighted by atomic mass is 16.5. The number of hydrogen-bond acceptors (Lipinski definition) is 3. The molecule has 2 aliphatic heterocycles. The lowest BCUT2D eigenvalue weighted by Gasteiger charge is -2.48. The Bertz CT molecular complexity index is 414. The van der Waals surface area contributed by atoms with Gasteiger partial charge in [-0.15, -0.1) is 0 Å². The minimum atomic E-state index is -0.398. The van der Waals surface area contributed by atoms with Gasteiger partial charge >= 0.3 is 0 Å². The summed E-state index contributed by atoms with van der Waals surface area (Å²) < 4.78 is 5.52. The Balaban J connectivity index is 2.33. The number of carbonyl (C=O) groups excluding carboxylic acids is 2. The molecule has 0 saturated carbocycles. The molecule has 3 atom stereocenters. The van der Waals surface area contributed by atoms with Gasteiger partial charge in [0.2, 0.25) is 11.8 Å². The molecule has 120 valence electrons. The number of ether oxygens (including phenoxy) is 1. The molecule has 0 aromatic heterocycles. The van der Waals surface area contributed by atoms with Crippen molar-refractivity contribution in [2.45, 2.75) is 65.1 Å². The third-order valence-corrected chi connectivity index (χ3v) is 4.52. The van der Waals surface area contributed by atoms with Crippen LogP contribution in [0.25, 0.3) is 0 Å². The number of amides is 2. The third kappa shape index (κ3) is 3.07. The van der Waals surface area contributed by atoms with Gasteiger partial charge in [-0.25, -0.2) is 0 Å². The first kappa shape index (κ1) is 16.3. The standard InChI is InChI=1S/C16H28N2O3/c1-10(2)8-12-15(20)18(16(5)6-7-21-9-16)13(11(3)4)14(19)17-12/h10-13H,6-9H2,1-5H3,(H,17,19). The van der Waals surface area contributed by atoms with Gasteiger partial charge in [-0.3, -0.25) is 9.59 Å². The molecule has 0 aromatic rings. The first-order valence-corrected chi connectivity index (χ1v) is 7.97. The van der Waals surface area contributed by atoms with Gasteiger partial charge in [-0.05, 0) is 31.6 Å². The molecule has 2 fully saturated rings. The second-order valence-corrected chi connectivity index (χ2v) is 7.39. The number of nitrogens with zero attached hydrogens (tertiary/aromatic N) is 1. The normalized spacial score (nSPS) is 34.0. The van der Waals surface area contributed by atoms with Crippen molar-refractivity contribution in [1.29, 1.82) is 0 Å². The summed E-state index contributed by atoms with van der Waals surface area (Å²) in [6, 6.07) is -0.794. The van der Waals surface area contributed by atoms with Gasteiger partial charge in [0, 0.05) is 6.61 Å². The van der Waals surface area contributed by atoms with Crippen LogP contribution >= 0.6 is 0 Å². The Morgan fingerprint density at radius 1 is 1.33 bits per heavy atom. The highest BCUT2D eigenvalue weighted by Crippen LogP contribution is 2.33. The lowest BCUT2D eigenvalue weighted by atomic mass is 9.87. The molecular formula is C16H28N2O3. The van der Waals surface area contributed by atoms with Crippen LogP contribution in [0.2, 0.25) is 0 Å². The molecule has 0 aromatic carbocycles. The van der Waals surface area contributed by atoms with Crippen molar-refractivity contribution in [3.63, 3.8) is 0 Å². The van der Waals surface area contributed by atoms with Crippen molar-refractivity contribution in [1.82, 2.24) is 10.2 Å². The third-order valence-electron chi connectivity index (χ3n) is 4.52. The summed E-state index contributed by atoms with van der Waals surface area (Å²) in [5, 5.41) is 2.93. The van der Waals surface area contributed by atoms with Gasteiger partial charge in [-0.1, -0.05) is 27.7 Å². The van der Waals surface area contributed by atoms with E-state index in [1.807, 2.05) is 25.7 Å². The molecule has 0 bridgehead atoms. The fourth-order valence-electron chi connectivity index (χ4n) is 3.42. The SMILES string of the molecule is CC(C)CC1NC(=O)C(C(C)C)N(C2(C)CCOC2)C1=O. The Kier molecular flexibility index (Phi) is 4.61. The Morgan fingerprint density at radius 3 is 2.48 bits per heavy atom. The van der Waals surface area contributed by atoms with Crippen molar-refractivity contribution in [3.8, 4) is 0 Å². The summed E-state index contributed by atoms with van der Waals surface area (Å²) in [7, 11) is 0. The van der Waals surface area contributed by atoms with Crippen molar-refractivity contribution >= 4 is 11.8 Å². The average Bonchev–Trinajstić information content (AvgIpc) is 2.79. The van der Waals surface area contributed by atoms with E-state index in [1.54, 1.807) is 0 Å². The molecular weight excluding hydrogens is 268 g/mol. The zero-order valence-electron chi connectivity index (χ0n) is 13.8. The van der Waals surface area contributed by atoms with Crippen molar-refractivity contribution in [3.05, 3.63) is 0 Å². The van der Waals surface area contributed by atoms with E-state index >= 15 is 0 Å². The van der Waals surface area contributed by atoms with Crippen LogP contribution in [0.4, 0.5) is 0 Å². The number of hydrogen-bond donors (Lipinski definition) is 1. The van der Waals surface area contributed by atoms with Crippen LogP contribution in [0.15, 0.2) is 0 Å². The molecule has 2 aliphatic rings. The van der Waals surface area contributed by atoms with Crippen LogP contribution in [0, 0.1) is 11.8 Å². The predicted molar refractivity (Wildman–Crippen MR) is 80.7 cm³/mol. The molecule has 2 rings (SSSR count). The van der Waals surface area contributed by atoms with Crippen molar-refractivity contribution < 1.29 is 14.3 Å². The van der Waals surface area contributed by atoms with E-state index < -0.39 is 12.1 Å². The summed E-state index contributed by atoms with van der Waals surface area (Å²) >= 11 is 0. The van der Waals surface area contributed by atoms with Gasteiger partial charge in [0.1, 0.15) is 12.1 Å². The topological polar surface area (TPSA) is 58.6 Å². The Hall–Kier alpha value is -1.10. The predicted octanol–water partition coefficient (Wildman–Crippen LogP) is 1.56. The van der Waals surface area contributed by atoms with E-state index in [0.717, 1.165) is 6.42 Å². The molecule has 0 aliphatic carbocycles. The number of nitrogens with one attached hydrogen (secondary N) is 1. The fraction of sp³-hybridized carbons (Fsp3) is 0.875. The molecule has 1 N–H and O–H groups in total. The summed E-state index contributed by atoms with van der Waals surface area (Å²) in [6.07, 6.45) is 1.48. The van der Waals surface area contributed by atoms with E-state index in [1.165, 1.54) is 0 Å².